The van der Waals surface area contributed by atoms with Crippen LogP contribution in [0.5, 0.6) is 0 Å². The first kappa shape index (κ1) is 17.4. The first-order valence-electron chi connectivity index (χ1n) is 10.3. The molecule has 1 aromatic carbocycles. The first-order chi connectivity index (χ1) is 13.1. The van der Waals surface area contributed by atoms with Gasteiger partial charge in [0.25, 0.3) is 0 Å². The lowest BCUT2D eigenvalue weighted by Gasteiger charge is -2.55. The van der Waals surface area contributed by atoms with Crippen molar-refractivity contribution in [2.45, 2.75) is 63.8 Å². The summed E-state index contributed by atoms with van der Waals surface area (Å²) in [6, 6.07) is 10.2. The lowest BCUT2D eigenvalue weighted by atomic mass is 9.50. The molecule has 4 fully saturated rings. The van der Waals surface area contributed by atoms with E-state index in [1.54, 1.807) is 11.3 Å². The molecule has 4 bridgehead atoms. The predicted molar refractivity (Wildman–Crippen MR) is 108 cm³/mol. The summed E-state index contributed by atoms with van der Waals surface area (Å²) in [5.74, 6) is 2.79. The quantitative estimate of drug-likeness (QED) is 0.736. The van der Waals surface area contributed by atoms with E-state index in [0.717, 1.165) is 28.4 Å². The molecule has 4 saturated carbocycles. The van der Waals surface area contributed by atoms with Gasteiger partial charge in [0, 0.05) is 11.8 Å². The molecule has 4 aliphatic carbocycles. The Morgan fingerprint density at radius 2 is 1.70 bits per heavy atom. The summed E-state index contributed by atoms with van der Waals surface area (Å²) >= 11 is 1.68. The van der Waals surface area contributed by atoms with Crippen LogP contribution in [0.4, 0.5) is 5.13 Å². The Hall–Kier alpha value is -1.75. The summed E-state index contributed by atoms with van der Waals surface area (Å²) in [4.78, 5) is 14.5. The van der Waals surface area contributed by atoms with Gasteiger partial charge < -0.3 is 0 Å². The topological polar surface area (TPSA) is 46.1 Å². The van der Waals surface area contributed by atoms with Gasteiger partial charge in [0.15, 0.2) is 0 Å². The Kier molecular flexibility index (Phi) is 4.30. The van der Waals surface area contributed by atoms with Gasteiger partial charge in [-0.2, -0.15) is 0 Å². The molecule has 1 amide bonds. The van der Waals surface area contributed by atoms with Crippen molar-refractivity contribution < 1.29 is 4.79 Å². The van der Waals surface area contributed by atoms with Crippen LogP contribution in [0.3, 0.4) is 0 Å². The average molecular weight is 382 g/mol. The standard InChI is InChI=1S/C22H27N3OS/c1-2-19(26)25(14-15-6-4-3-5-7-15)21-24-23-20(27-21)22-11-16-8-17(12-22)10-18(9-16)13-22/h3-7,16-18H,2,8-14H2,1H3. The number of carbonyl (C=O) groups is 1. The zero-order valence-electron chi connectivity index (χ0n) is 15.9. The van der Waals surface area contributed by atoms with Gasteiger partial charge in [0.05, 0.1) is 6.54 Å². The molecular weight excluding hydrogens is 354 g/mol. The molecular formula is C22H27N3OS. The fourth-order valence-electron chi connectivity index (χ4n) is 6.13. The van der Waals surface area contributed by atoms with E-state index < -0.39 is 0 Å². The second kappa shape index (κ2) is 6.69. The fourth-order valence-corrected chi connectivity index (χ4v) is 7.21. The number of amides is 1. The molecule has 1 heterocycles. The van der Waals surface area contributed by atoms with Crippen molar-refractivity contribution in [2.24, 2.45) is 17.8 Å². The fraction of sp³-hybridized carbons (Fsp3) is 0.591. The van der Waals surface area contributed by atoms with Gasteiger partial charge in [-0.15, -0.1) is 10.2 Å². The highest BCUT2D eigenvalue weighted by Gasteiger charge is 2.53. The summed E-state index contributed by atoms with van der Waals surface area (Å²) in [5.41, 5.74) is 1.38. The number of aromatic nitrogens is 2. The van der Waals surface area contributed by atoms with E-state index in [1.807, 2.05) is 30.0 Å². The van der Waals surface area contributed by atoms with Crippen LogP contribution < -0.4 is 4.90 Å². The molecule has 0 atom stereocenters. The summed E-state index contributed by atoms with van der Waals surface area (Å²) < 4.78 is 0. The maximum absolute atomic E-state index is 12.6. The highest BCUT2D eigenvalue weighted by molar-refractivity contribution is 7.15. The van der Waals surface area contributed by atoms with Crippen LogP contribution in [0, 0.1) is 17.8 Å². The molecule has 0 spiro atoms. The van der Waals surface area contributed by atoms with Gasteiger partial charge in [0.1, 0.15) is 5.01 Å². The lowest BCUT2D eigenvalue weighted by Crippen LogP contribution is -2.48. The van der Waals surface area contributed by atoms with Gasteiger partial charge in [-0.3, -0.25) is 9.69 Å². The number of carbonyl (C=O) groups excluding carboxylic acids is 1. The van der Waals surface area contributed by atoms with Gasteiger partial charge in [-0.1, -0.05) is 48.6 Å². The third kappa shape index (κ3) is 3.10. The van der Waals surface area contributed by atoms with Crippen LogP contribution in [0.1, 0.15) is 62.4 Å². The number of rotatable bonds is 5. The summed E-state index contributed by atoms with van der Waals surface area (Å²) in [6.45, 7) is 2.49. The maximum atomic E-state index is 12.6. The van der Waals surface area contributed by atoms with Gasteiger partial charge in [0.2, 0.25) is 11.0 Å². The van der Waals surface area contributed by atoms with Crippen molar-refractivity contribution in [2.75, 3.05) is 4.90 Å². The molecule has 0 N–H and O–H groups in total. The van der Waals surface area contributed by atoms with E-state index in [1.165, 1.54) is 43.5 Å². The van der Waals surface area contributed by atoms with Crippen LogP contribution in [-0.4, -0.2) is 16.1 Å². The minimum absolute atomic E-state index is 0.118. The van der Waals surface area contributed by atoms with Crippen LogP contribution in [0.2, 0.25) is 0 Å². The molecule has 6 rings (SSSR count). The van der Waals surface area contributed by atoms with Gasteiger partial charge in [-0.25, -0.2) is 0 Å². The zero-order valence-corrected chi connectivity index (χ0v) is 16.8. The van der Waals surface area contributed by atoms with Crippen molar-refractivity contribution in [3.05, 3.63) is 40.9 Å². The number of nitrogens with zero attached hydrogens (tertiary/aromatic N) is 3. The Bertz CT molecular complexity index is 796. The van der Waals surface area contributed by atoms with E-state index in [-0.39, 0.29) is 11.3 Å². The number of benzene rings is 1. The molecule has 4 nitrogen and oxygen atoms in total. The lowest BCUT2D eigenvalue weighted by molar-refractivity contribution is -0.118. The van der Waals surface area contributed by atoms with Crippen molar-refractivity contribution in [3.8, 4) is 0 Å². The third-order valence-corrected chi connectivity index (χ3v) is 8.12. The minimum atomic E-state index is 0.118. The smallest absolute Gasteiger partial charge is 0.228 e. The molecule has 5 heteroatoms. The van der Waals surface area contributed by atoms with Gasteiger partial charge >= 0.3 is 0 Å². The molecule has 1 aromatic heterocycles. The van der Waals surface area contributed by atoms with Crippen LogP contribution in [0.15, 0.2) is 30.3 Å². The van der Waals surface area contributed by atoms with Crippen molar-refractivity contribution in [1.82, 2.24) is 10.2 Å². The summed E-state index contributed by atoms with van der Waals surface area (Å²) in [6.07, 6.45) is 8.63. The SMILES string of the molecule is CCC(=O)N(Cc1ccccc1)c1nnc(C23CC4CC(CC(C4)C2)C3)s1. The van der Waals surface area contributed by atoms with Gasteiger partial charge in [-0.05, 0) is 61.8 Å². The Morgan fingerprint density at radius 1 is 1.07 bits per heavy atom. The monoisotopic (exact) mass is 381 g/mol. The molecule has 0 radical (unpaired) electrons. The zero-order chi connectivity index (χ0) is 18.4. The first-order valence-corrected chi connectivity index (χ1v) is 11.1. The Morgan fingerprint density at radius 3 is 2.30 bits per heavy atom. The molecule has 4 aliphatic rings. The van der Waals surface area contributed by atoms with Crippen LogP contribution >= 0.6 is 11.3 Å². The van der Waals surface area contributed by atoms with Crippen molar-refractivity contribution in [3.63, 3.8) is 0 Å². The molecule has 0 saturated heterocycles. The molecule has 27 heavy (non-hydrogen) atoms. The molecule has 0 aliphatic heterocycles. The van der Waals surface area contributed by atoms with E-state index >= 15 is 0 Å². The molecule has 2 aromatic rings. The van der Waals surface area contributed by atoms with Crippen molar-refractivity contribution >= 4 is 22.4 Å². The Labute approximate surface area is 165 Å². The normalized spacial score (nSPS) is 31.2. The second-order valence-electron chi connectivity index (χ2n) is 8.91. The van der Waals surface area contributed by atoms with Crippen molar-refractivity contribution in [1.29, 1.82) is 0 Å². The Balaban J connectivity index is 1.43. The average Bonchev–Trinajstić information content (AvgIpc) is 3.16. The number of anilines is 1. The van der Waals surface area contributed by atoms with Crippen LogP contribution in [-0.2, 0) is 16.8 Å². The largest absolute Gasteiger partial charge is 0.282 e. The maximum Gasteiger partial charge on any atom is 0.228 e. The highest BCUT2D eigenvalue weighted by Crippen LogP contribution is 2.61. The van der Waals surface area contributed by atoms with E-state index in [2.05, 4.69) is 22.3 Å². The van der Waals surface area contributed by atoms with E-state index in [9.17, 15) is 4.79 Å². The molecule has 142 valence electrons. The van der Waals surface area contributed by atoms with E-state index in [0.29, 0.717) is 13.0 Å². The number of hydrogen-bond donors (Lipinski definition) is 0. The number of hydrogen-bond acceptors (Lipinski definition) is 4. The summed E-state index contributed by atoms with van der Waals surface area (Å²) in [5, 5.41) is 11.1. The second-order valence-corrected chi connectivity index (χ2v) is 9.86. The highest BCUT2D eigenvalue weighted by atomic mass is 32.1. The molecule has 0 unspecified atom stereocenters. The third-order valence-electron chi connectivity index (χ3n) is 6.92. The minimum Gasteiger partial charge on any atom is -0.282 e. The van der Waals surface area contributed by atoms with Crippen LogP contribution in [0.25, 0.3) is 0 Å². The predicted octanol–water partition coefficient (Wildman–Crippen LogP) is 4.95. The van der Waals surface area contributed by atoms with E-state index in [4.69, 9.17) is 0 Å². The summed E-state index contributed by atoms with van der Waals surface area (Å²) in [7, 11) is 0.